The Labute approximate surface area is 122 Å². The second-order valence-corrected chi connectivity index (χ2v) is 5.88. The van der Waals surface area contributed by atoms with E-state index in [0.29, 0.717) is 12.2 Å². The topological polar surface area (TPSA) is 82.2 Å². The number of aliphatic carboxylic acids is 1. The van der Waals surface area contributed by atoms with Gasteiger partial charge < -0.3 is 15.4 Å². The molecule has 0 saturated heterocycles. The summed E-state index contributed by atoms with van der Waals surface area (Å²) in [6, 6.07) is 9.52. The predicted molar refractivity (Wildman–Crippen MR) is 79.2 cm³/mol. The normalized spacial score (nSPS) is 16.4. The molecule has 1 fully saturated rings. The second kappa shape index (κ2) is 5.24. The molecule has 5 heteroatoms. The van der Waals surface area contributed by atoms with Crippen LogP contribution in [0.4, 0.5) is 0 Å². The molecule has 110 valence electrons. The number of para-hydroxylation sites is 1. The van der Waals surface area contributed by atoms with Crippen LogP contribution in [0.15, 0.2) is 30.3 Å². The Kier molecular flexibility index (Phi) is 3.41. The average molecular weight is 286 g/mol. The number of carboxylic acids is 1. The highest BCUT2D eigenvalue weighted by atomic mass is 16.4. The van der Waals surface area contributed by atoms with Crippen molar-refractivity contribution in [3.8, 4) is 0 Å². The van der Waals surface area contributed by atoms with Crippen molar-refractivity contribution in [1.82, 2.24) is 10.3 Å². The van der Waals surface area contributed by atoms with Crippen molar-refractivity contribution in [1.29, 1.82) is 0 Å². The Balaban J connectivity index is 1.67. The van der Waals surface area contributed by atoms with Gasteiger partial charge in [0.1, 0.15) is 5.69 Å². The van der Waals surface area contributed by atoms with Crippen molar-refractivity contribution in [2.45, 2.75) is 25.7 Å². The minimum absolute atomic E-state index is 0.125. The molecule has 0 radical (unpaired) electrons. The molecule has 21 heavy (non-hydrogen) atoms. The average Bonchev–Trinajstić information content (AvgIpc) is 2.84. The number of rotatable bonds is 5. The van der Waals surface area contributed by atoms with Crippen LogP contribution in [-0.2, 0) is 4.79 Å². The maximum absolute atomic E-state index is 12.2. The van der Waals surface area contributed by atoms with E-state index in [1.54, 1.807) is 0 Å². The van der Waals surface area contributed by atoms with E-state index in [1.807, 2.05) is 30.3 Å². The third kappa shape index (κ3) is 2.77. The molecule has 1 aromatic carbocycles. The standard InChI is InChI=1S/C16H18N2O3/c19-14(20)9-16(6-3-7-16)10-17-15(21)13-8-11-4-1-2-5-12(11)18-13/h1-2,4-5,8,18H,3,6-7,9-10H2,(H,17,21)(H,19,20). The number of benzene rings is 1. The Hall–Kier alpha value is -2.30. The van der Waals surface area contributed by atoms with Gasteiger partial charge in [-0.05, 0) is 30.4 Å². The van der Waals surface area contributed by atoms with Gasteiger partial charge in [0, 0.05) is 17.4 Å². The summed E-state index contributed by atoms with van der Waals surface area (Å²) in [5.74, 6) is -0.975. The highest BCUT2D eigenvalue weighted by molar-refractivity contribution is 5.98. The summed E-state index contributed by atoms with van der Waals surface area (Å²) in [4.78, 5) is 26.2. The molecule has 1 amide bonds. The van der Waals surface area contributed by atoms with Crippen LogP contribution in [0.1, 0.15) is 36.2 Å². The molecule has 5 nitrogen and oxygen atoms in total. The zero-order valence-corrected chi connectivity index (χ0v) is 11.7. The number of H-pyrrole nitrogens is 1. The monoisotopic (exact) mass is 286 g/mol. The lowest BCUT2D eigenvalue weighted by Crippen LogP contribution is -2.43. The van der Waals surface area contributed by atoms with Gasteiger partial charge in [-0.15, -0.1) is 0 Å². The number of aromatic nitrogens is 1. The Morgan fingerprint density at radius 1 is 1.29 bits per heavy atom. The fourth-order valence-corrected chi connectivity index (χ4v) is 2.97. The van der Waals surface area contributed by atoms with Crippen LogP contribution in [0.5, 0.6) is 0 Å². The summed E-state index contributed by atoms with van der Waals surface area (Å²) in [5, 5.41) is 12.8. The molecule has 1 heterocycles. The quantitative estimate of drug-likeness (QED) is 0.790. The van der Waals surface area contributed by atoms with Gasteiger partial charge >= 0.3 is 5.97 Å². The number of carbonyl (C=O) groups excluding carboxylic acids is 1. The summed E-state index contributed by atoms with van der Waals surface area (Å²) in [6.45, 7) is 0.424. The van der Waals surface area contributed by atoms with Crippen molar-refractivity contribution >= 4 is 22.8 Å². The van der Waals surface area contributed by atoms with E-state index in [4.69, 9.17) is 5.11 Å². The fraction of sp³-hybridized carbons (Fsp3) is 0.375. The molecule has 2 aromatic rings. The molecular weight excluding hydrogens is 268 g/mol. The van der Waals surface area contributed by atoms with Gasteiger partial charge in [0.15, 0.2) is 0 Å². The van der Waals surface area contributed by atoms with E-state index in [-0.39, 0.29) is 17.7 Å². The number of hydrogen-bond donors (Lipinski definition) is 3. The first kappa shape index (κ1) is 13.7. The molecule has 1 aliphatic rings. The Bertz CT molecular complexity index is 653. The maximum Gasteiger partial charge on any atom is 0.303 e. The summed E-state index contributed by atoms with van der Waals surface area (Å²) in [5.41, 5.74) is 1.18. The number of amides is 1. The number of fused-ring (bicyclic) bond motifs is 1. The van der Waals surface area contributed by atoms with Crippen molar-refractivity contribution in [3.05, 3.63) is 36.0 Å². The van der Waals surface area contributed by atoms with Gasteiger partial charge in [-0.25, -0.2) is 0 Å². The van der Waals surface area contributed by atoms with Crippen molar-refractivity contribution in [2.24, 2.45) is 5.41 Å². The minimum atomic E-state index is -0.797. The van der Waals surface area contributed by atoms with Crippen molar-refractivity contribution in [3.63, 3.8) is 0 Å². The van der Waals surface area contributed by atoms with Gasteiger partial charge in [0.25, 0.3) is 5.91 Å². The number of nitrogens with one attached hydrogen (secondary N) is 2. The predicted octanol–water partition coefficient (Wildman–Crippen LogP) is 2.54. The smallest absolute Gasteiger partial charge is 0.303 e. The first-order valence-electron chi connectivity index (χ1n) is 7.16. The lowest BCUT2D eigenvalue weighted by molar-refractivity contribution is -0.141. The lowest BCUT2D eigenvalue weighted by Gasteiger charge is -2.40. The number of carboxylic acid groups (broad SMARTS) is 1. The highest BCUT2D eigenvalue weighted by Gasteiger charge is 2.39. The molecule has 0 spiro atoms. The zero-order chi connectivity index (χ0) is 14.9. The number of aromatic amines is 1. The van der Waals surface area contributed by atoms with Gasteiger partial charge in [-0.3, -0.25) is 9.59 Å². The van der Waals surface area contributed by atoms with Gasteiger partial charge in [-0.2, -0.15) is 0 Å². The summed E-state index contributed by atoms with van der Waals surface area (Å²) >= 11 is 0. The molecular formula is C16H18N2O3. The van der Waals surface area contributed by atoms with E-state index >= 15 is 0 Å². The number of hydrogen-bond acceptors (Lipinski definition) is 2. The fourth-order valence-electron chi connectivity index (χ4n) is 2.97. The minimum Gasteiger partial charge on any atom is -0.481 e. The van der Waals surface area contributed by atoms with Crippen LogP contribution in [0.25, 0.3) is 10.9 Å². The Morgan fingerprint density at radius 2 is 2.05 bits per heavy atom. The largest absolute Gasteiger partial charge is 0.481 e. The molecule has 1 saturated carbocycles. The second-order valence-electron chi connectivity index (χ2n) is 5.88. The maximum atomic E-state index is 12.2. The van der Waals surface area contributed by atoms with Crippen molar-refractivity contribution in [2.75, 3.05) is 6.54 Å². The van der Waals surface area contributed by atoms with Gasteiger partial charge in [0.05, 0.1) is 6.42 Å². The van der Waals surface area contributed by atoms with Crippen LogP contribution in [0, 0.1) is 5.41 Å². The van der Waals surface area contributed by atoms with Crippen LogP contribution >= 0.6 is 0 Å². The van der Waals surface area contributed by atoms with E-state index in [2.05, 4.69) is 10.3 Å². The first-order chi connectivity index (χ1) is 10.1. The third-order valence-electron chi connectivity index (χ3n) is 4.34. The SMILES string of the molecule is O=C(O)CC1(CNC(=O)c2cc3ccccc3[nH]2)CCC1. The summed E-state index contributed by atoms with van der Waals surface area (Å²) in [6.07, 6.45) is 2.90. The van der Waals surface area contributed by atoms with E-state index < -0.39 is 5.97 Å². The third-order valence-corrected chi connectivity index (χ3v) is 4.34. The van der Waals surface area contributed by atoms with Crippen LogP contribution in [-0.4, -0.2) is 28.5 Å². The molecule has 0 unspecified atom stereocenters. The summed E-state index contributed by atoms with van der Waals surface area (Å²) in [7, 11) is 0. The number of carbonyl (C=O) groups is 2. The molecule has 0 bridgehead atoms. The van der Waals surface area contributed by atoms with E-state index in [1.165, 1.54) is 0 Å². The molecule has 0 aliphatic heterocycles. The van der Waals surface area contributed by atoms with Crippen LogP contribution < -0.4 is 5.32 Å². The van der Waals surface area contributed by atoms with Crippen molar-refractivity contribution < 1.29 is 14.7 Å². The van der Waals surface area contributed by atoms with Crippen LogP contribution in [0.2, 0.25) is 0 Å². The molecule has 1 aromatic heterocycles. The molecule has 1 aliphatic carbocycles. The molecule has 3 N–H and O–H groups in total. The molecule has 3 rings (SSSR count). The first-order valence-corrected chi connectivity index (χ1v) is 7.16. The van der Waals surface area contributed by atoms with E-state index in [9.17, 15) is 9.59 Å². The van der Waals surface area contributed by atoms with Gasteiger partial charge in [0.2, 0.25) is 0 Å². The lowest BCUT2D eigenvalue weighted by atomic mass is 9.66. The van der Waals surface area contributed by atoms with Gasteiger partial charge in [-0.1, -0.05) is 24.6 Å². The summed E-state index contributed by atoms with van der Waals surface area (Å²) < 4.78 is 0. The van der Waals surface area contributed by atoms with E-state index in [0.717, 1.165) is 30.2 Å². The zero-order valence-electron chi connectivity index (χ0n) is 11.7. The highest BCUT2D eigenvalue weighted by Crippen LogP contribution is 2.43. The molecule has 0 atom stereocenters. The Morgan fingerprint density at radius 3 is 2.67 bits per heavy atom. The van der Waals surface area contributed by atoms with Crippen LogP contribution in [0.3, 0.4) is 0 Å².